The van der Waals surface area contributed by atoms with Gasteiger partial charge in [-0.3, -0.25) is 0 Å². The highest BCUT2D eigenvalue weighted by atomic mass is 32.2. The molecule has 6 heteroatoms. The summed E-state index contributed by atoms with van der Waals surface area (Å²) in [4.78, 5) is 0. The third-order valence-electron chi connectivity index (χ3n) is 2.81. The van der Waals surface area contributed by atoms with Crippen molar-refractivity contribution >= 4 is 21.4 Å². The average molecular weight is 310 g/mol. The maximum absolute atomic E-state index is 12.0. The fourth-order valence-electron chi connectivity index (χ4n) is 1.89. The van der Waals surface area contributed by atoms with Crippen LogP contribution in [0.25, 0.3) is 0 Å². The number of hydrogen-bond acceptors (Lipinski definition) is 4. The lowest BCUT2D eigenvalue weighted by molar-refractivity contribution is 0.580. The van der Waals surface area contributed by atoms with Gasteiger partial charge in [0.1, 0.15) is 0 Å². The van der Waals surface area contributed by atoms with Crippen molar-refractivity contribution in [2.45, 2.75) is 18.8 Å². The molecule has 0 bridgehead atoms. The smallest absolute Gasteiger partial charge is 0.216 e. The number of rotatable bonds is 7. The SMILES string of the molecule is CNCc1cccc(CS(=O)(=O)NCc2ccsc2)c1. The van der Waals surface area contributed by atoms with Crippen molar-refractivity contribution in [2.75, 3.05) is 7.05 Å². The Bertz CT molecular complexity index is 637. The van der Waals surface area contributed by atoms with Crippen LogP contribution < -0.4 is 10.0 Å². The molecule has 1 aromatic heterocycles. The zero-order valence-corrected chi connectivity index (χ0v) is 12.9. The van der Waals surface area contributed by atoms with Crippen LogP contribution in [-0.4, -0.2) is 15.5 Å². The van der Waals surface area contributed by atoms with Gasteiger partial charge in [0.05, 0.1) is 5.75 Å². The third kappa shape index (κ3) is 4.72. The summed E-state index contributed by atoms with van der Waals surface area (Å²) in [6.45, 7) is 1.08. The van der Waals surface area contributed by atoms with Gasteiger partial charge in [0.2, 0.25) is 10.0 Å². The minimum absolute atomic E-state index is 0.00862. The van der Waals surface area contributed by atoms with E-state index in [0.29, 0.717) is 6.54 Å². The molecule has 2 N–H and O–H groups in total. The molecule has 0 saturated heterocycles. The highest BCUT2D eigenvalue weighted by Gasteiger charge is 2.11. The Balaban J connectivity index is 1.98. The fourth-order valence-corrected chi connectivity index (χ4v) is 3.67. The molecule has 4 nitrogen and oxygen atoms in total. The van der Waals surface area contributed by atoms with Gasteiger partial charge in [-0.2, -0.15) is 11.3 Å². The van der Waals surface area contributed by atoms with E-state index in [-0.39, 0.29) is 5.75 Å². The number of thiophene rings is 1. The maximum Gasteiger partial charge on any atom is 0.216 e. The second kappa shape index (κ2) is 6.99. The molecule has 0 atom stereocenters. The first-order valence-electron chi connectivity index (χ1n) is 6.30. The molecule has 0 spiro atoms. The molecule has 20 heavy (non-hydrogen) atoms. The predicted octanol–water partition coefficient (Wildman–Crippen LogP) is 2.09. The Hall–Kier alpha value is -1.21. The van der Waals surface area contributed by atoms with Crippen molar-refractivity contribution in [3.63, 3.8) is 0 Å². The molecule has 0 aliphatic carbocycles. The quantitative estimate of drug-likeness (QED) is 0.823. The third-order valence-corrected chi connectivity index (χ3v) is 4.83. The maximum atomic E-state index is 12.0. The van der Waals surface area contributed by atoms with Gasteiger partial charge in [0, 0.05) is 13.1 Å². The first-order chi connectivity index (χ1) is 9.59. The van der Waals surface area contributed by atoms with Gasteiger partial charge < -0.3 is 5.32 Å². The molecule has 1 aromatic carbocycles. The van der Waals surface area contributed by atoms with Gasteiger partial charge in [-0.25, -0.2) is 13.1 Å². The van der Waals surface area contributed by atoms with E-state index < -0.39 is 10.0 Å². The molecule has 0 unspecified atom stereocenters. The van der Waals surface area contributed by atoms with Crippen molar-refractivity contribution < 1.29 is 8.42 Å². The summed E-state index contributed by atoms with van der Waals surface area (Å²) in [5.41, 5.74) is 2.87. The predicted molar refractivity (Wildman–Crippen MR) is 83.0 cm³/mol. The van der Waals surface area contributed by atoms with Gasteiger partial charge in [-0.05, 0) is 40.6 Å². The highest BCUT2D eigenvalue weighted by Crippen LogP contribution is 2.10. The van der Waals surface area contributed by atoms with Crippen LogP contribution in [0.2, 0.25) is 0 Å². The van der Waals surface area contributed by atoms with Crippen molar-refractivity contribution in [3.8, 4) is 0 Å². The Kier molecular flexibility index (Phi) is 5.31. The van der Waals surface area contributed by atoms with E-state index >= 15 is 0 Å². The second-order valence-corrected chi connectivity index (χ2v) is 7.15. The van der Waals surface area contributed by atoms with E-state index in [4.69, 9.17) is 0 Å². The van der Waals surface area contributed by atoms with Crippen LogP contribution in [0.15, 0.2) is 41.1 Å². The van der Waals surface area contributed by atoms with Crippen LogP contribution in [0.3, 0.4) is 0 Å². The van der Waals surface area contributed by atoms with Crippen molar-refractivity contribution in [2.24, 2.45) is 0 Å². The minimum atomic E-state index is -3.31. The molecule has 0 radical (unpaired) electrons. The van der Waals surface area contributed by atoms with Crippen molar-refractivity contribution in [3.05, 3.63) is 57.8 Å². The molecular weight excluding hydrogens is 292 g/mol. The van der Waals surface area contributed by atoms with E-state index in [0.717, 1.165) is 23.2 Å². The van der Waals surface area contributed by atoms with Crippen LogP contribution in [-0.2, 0) is 28.9 Å². The van der Waals surface area contributed by atoms with Gasteiger partial charge in [0.25, 0.3) is 0 Å². The van der Waals surface area contributed by atoms with E-state index in [1.165, 1.54) is 0 Å². The molecule has 2 rings (SSSR count). The molecule has 0 aliphatic rings. The molecule has 0 aliphatic heterocycles. The molecule has 1 heterocycles. The molecule has 0 fully saturated rings. The van der Waals surface area contributed by atoms with Gasteiger partial charge in [-0.15, -0.1) is 0 Å². The van der Waals surface area contributed by atoms with Crippen molar-refractivity contribution in [1.82, 2.24) is 10.0 Å². The summed E-state index contributed by atoms with van der Waals surface area (Å²) >= 11 is 1.56. The van der Waals surface area contributed by atoms with E-state index in [2.05, 4.69) is 10.0 Å². The van der Waals surface area contributed by atoms with Crippen LogP contribution in [0.1, 0.15) is 16.7 Å². The molecule has 0 saturated carbocycles. The lowest BCUT2D eigenvalue weighted by Gasteiger charge is -2.07. The molecule has 0 amide bonds. The molecule has 108 valence electrons. The summed E-state index contributed by atoms with van der Waals surface area (Å²) < 4.78 is 26.7. The number of sulfonamides is 1. The zero-order chi connectivity index (χ0) is 14.4. The fraction of sp³-hybridized carbons (Fsp3) is 0.286. The topological polar surface area (TPSA) is 58.2 Å². The first kappa shape index (κ1) is 15.2. The normalized spacial score (nSPS) is 11.7. The van der Waals surface area contributed by atoms with E-state index in [1.54, 1.807) is 11.3 Å². The van der Waals surface area contributed by atoms with Crippen LogP contribution in [0.4, 0.5) is 0 Å². The van der Waals surface area contributed by atoms with Crippen molar-refractivity contribution in [1.29, 1.82) is 0 Å². The van der Waals surface area contributed by atoms with E-state index in [9.17, 15) is 8.42 Å². The Morgan fingerprint density at radius 3 is 2.60 bits per heavy atom. The van der Waals surface area contributed by atoms with E-state index in [1.807, 2.05) is 48.1 Å². The monoisotopic (exact) mass is 310 g/mol. The lowest BCUT2D eigenvalue weighted by atomic mass is 10.1. The number of benzene rings is 1. The van der Waals surface area contributed by atoms with Gasteiger partial charge >= 0.3 is 0 Å². The zero-order valence-electron chi connectivity index (χ0n) is 11.3. The summed E-state index contributed by atoms with van der Waals surface area (Å²) in [6, 6.07) is 9.53. The first-order valence-corrected chi connectivity index (χ1v) is 8.89. The summed E-state index contributed by atoms with van der Waals surface area (Å²) in [6.07, 6.45) is 0. The highest BCUT2D eigenvalue weighted by molar-refractivity contribution is 7.88. The second-order valence-electron chi connectivity index (χ2n) is 4.56. The van der Waals surface area contributed by atoms with Crippen LogP contribution in [0, 0.1) is 0 Å². The average Bonchev–Trinajstić information content (AvgIpc) is 2.90. The summed E-state index contributed by atoms with van der Waals surface area (Å²) in [7, 11) is -1.44. The molecular formula is C14H18N2O2S2. The van der Waals surface area contributed by atoms with Gasteiger partial charge in [-0.1, -0.05) is 24.3 Å². The van der Waals surface area contributed by atoms with Crippen LogP contribution in [0.5, 0.6) is 0 Å². The largest absolute Gasteiger partial charge is 0.316 e. The Morgan fingerprint density at radius 2 is 1.90 bits per heavy atom. The van der Waals surface area contributed by atoms with Gasteiger partial charge in [0.15, 0.2) is 0 Å². The Labute approximate surface area is 123 Å². The summed E-state index contributed by atoms with van der Waals surface area (Å²) in [5.74, 6) is 0.00862. The lowest BCUT2D eigenvalue weighted by Crippen LogP contribution is -2.24. The standard InChI is InChI=1S/C14H18N2O2S2/c1-15-8-12-3-2-4-13(7-12)11-20(17,18)16-9-14-5-6-19-10-14/h2-7,10,15-16H,8-9,11H2,1H3. The Morgan fingerprint density at radius 1 is 1.10 bits per heavy atom. The molecule has 2 aromatic rings. The number of nitrogens with one attached hydrogen (secondary N) is 2. The van der Waals surface area contributed by atoms with Crippen LogP contribution >= 0.6 is 11.3 Å². The summed E-state index contributed by atoms with van der Waals surface area (Å²) in [5, 5.41) is 6.93. The minimum Gasteiger partial charge on any atom is -0.316 e. The number of hydrogen-bond donors (Lipinski definition) is 2.